The van der Waals surface area contributed by atoms with E-state index in [1.54, 1.807) is 29.7 Å². The lowest BCUT2D eigenvalue weighted by Crippen LogP contribution is -2.58. The van der Waals surface area contributed by atoms with E-state index in [-0.39, 0.29) is 48.4 Å². The fourth-order valence-corrected chi connectivity index (χ4v) is 9.07. The van der Waals surface area contributed by atoms with Gasteiger partial charge in [0.05, 0.1) is 40.1 Å². The number of aliphatic hydroxyl groups is 1. The number of hydrogen-bond acceptors (Lipinski definition) is 9. The van der Waals surface area contributed by atoms with Crippen LogP contribution >= 0.6 is 11.3 Å². The Hall–Kier alpha value is -5.46. The first-order valence-corrected chi connectivity index (χ1v) is 21.0. The summed E-state index contributed by atoms with van der Waals surface area (Å²) >= 11 is 1.59. The average Bonchev–Trinajstić information content (AvgIpc) is 3.84. The molecular weight excluding hydrogens is 749 g/mol. The van der Waals surface area contributed by atoms with E-state index in [1.807, 2.05) is 82.6 Å². The van der Waals surface area contributed by atoms with Crippen LogP contribution in [0.4, 0.5) is 0 Å². The first-order chi connectivity index (χ1) is 27.8. The molecule has 5 aromatic rings. The number of carbonyl (C=O) groups is 3. The number of thiazole rings is 1. The third-order valence-corrected chi connectivity index (χ3v) is 12.7. The van der Waals surface area contributed by atoms with Crippen LogP contribution in [0.2, 0.25) is 0 Å². The predicted molar refractivity (Wildman–Crippen MR) is 226 cm³/mol. The quantitative estimate of drug-likeness (QED) is 0.113. The van der Waals surface area contributed by atoms with E-state index in [2.05, 4.69) is 50.1 Å². The normalized spacial score (nSPS) is 20.6. The summed E-state index contributed by atoms with van der Waals surface area (Å²) < 4.78 is 0. The number of benzene rings is 3. The number of hydrogen-bond donors (Lipinski definition) is 4. The summed E-state index contributed by atoms with van der Waals surface area (Å²) in [6, 6.07) is 23.3. The Morgan fingerprint density at radius 2 is 1.57 bits per heavy atom. The molecule has 0 spiro atoms. The Balaban J connectivity index is 0.952. The summed E-state index contributed by atoms with van der Waals surface area (Å²) in [5, 5.41) is 35.6. The number of aryl methyl sites for hydroxylation is 1. The second-order valence-electron chi connectivity index (χ2n) is 16.8. The number of aromatic nitrogens is 3. The molecule has 2 unspecified atom stereocenters. The summed E-state index contributed by atoms with van der Waals surface area (Å²) in [4.78, 5) is 48.7. The smallest absolute Gasteiger partial charge is 0.246 e. The van der Waals surface area contributed by atoms with Gasteiger partial charge >= 0.3 is 0 Å². The number of phenols is 1. The van der Waals surface area contributed by atoms with Gasteiger partial charge in [-0.2, -0.15) is 10.2 Å². The van der Waals surface area contributed by atoms with Crippen LogP contribution in [-0.2, 0) is 14.4 Å². The summed E-state index contributed by atoms with van der Waals surface area (Å²) in [6.45, 7) is 9.63. The lowest BCUT2D eigenvalue weighted by Gasteiger charge is -2.37. The van der Waals surface area contributed by atoms with Gasteiger partial charge in [-0.15, -0.1) is 11.3 Å². The molecule has 2 aliphatic rings. The van der Waals surface area contributed by atoms with Crippen molar-refractivity contribution in [2.75, 3.05) is 6.54 Å². The summed E-state index contributed by atoms with van der Waals surface area (Å²) in [5.41, 5.74) is 8.47. The third-order valence-electron chi connectivity index (χ3n) is 11.7. The number of likely N-dealkylation sites (tertiary alicyclic amines) is 1. The minimum atomic E-state index is -0.875. The zero-order valence-corrected chi connectivity index (χ0v) is 34.5. The molecule has 7 rings (SSSR count). The maximum atomic E-state index is 14.3. The number of para-hydroxylation sites is 1. The van der Waals surface area contributed by atoms with E-state index < -0.39 is 23.6 Å². The van der Waals surface area contributed by atoms with Gasteiger partial charge in [-0.05, 0) is 91.3 Å². The molecule has 0 radical (unpaired) electrons. The SMILES string of the molecule is Cc1ncsc1-c1ccc(C(C)NC(=O)[C@@H]2C[C@@H](O)CN2C(=O)C(NC(=O)C2CCC(c3ccc(-c4cnnc(-c5ccccc5O)c4)cc3)CC2)C(C)(C)C)cc1. The molecule has 2 fully saturated rings. The lowest BCUT2D eigenvalue weighted by molar-refractivity contribution is -0.144. The largest absolute Gasteiger partial charge is 0.507 e. The Labute approximate surface area is 344 Å². The topological polar surface area (TPSA) is 158 Å². The molecule has 2 aromatic heterocycles. The molecule has 3 aromatic carbocycles. The fourth-order valence-electron chi connectivity index (χ4n) is 8.26. The van der Waals surface area contributed by atoms with Crippen LogP contribution in [-0.4, -0.2) is 72.7 Å². The van der Waals surface area contributed by atoms with Crippen molar-refractivity contribution >= 4 is 29.1 Å². The van der Waals surface area contributed by atoms with E-state index >= 15 is 0 Å². The van der Waals surface area contributed by atoms with Crippen LogP contribution in [0.25, 0.3) is 32.8 Å². The van der Waals surface area contributed by atoms with Gasteiger partial charge in [0.1, 0.15) is 17.8 Å². The standard InChI is InChI=1S/C46H52N6O5S/c1-27(29-10-18-33(19-11-29)41-28(2)47-26-58-41)49-44(56)39-23-36(53)25-52(39)45(57)42(46(3,4)5)50-43(55)34-20-16-31(17-21-34)30-12-14-32(15-13-30)35-22-38(51-48-24-35)37-8-6-7-9-40(37)54/h6-15,18-19,22,24,26-27,31,34,36,39,42,53-54H,16-17,20-21,23,25H2,1-5H3,(H,49,56)(H,50,55)/t27?,31?,34?,36-,39+,42?/m1/s1. The van der Waals surface area contributed by atoms with Crippen molar-refractivity contribution in [3.8, 4) is 38.6 Å². The number of nitrogens with zero attached hydrogens (tertiary/aromatic N) is 4. The molecule has 1 aliphatic heterocycles. The highest BCUT2D eigenvalue weighted by Gasteiger charge is 2.45. The van der Waals surface area contributed by atoms with Crippen molar-refractivity contribution in [1.29, 1.82) is 0 Å². The molecule has 4 N–H and O–H groups in total. The molecule has 0 bridgehead atoms. The van der Waals surface area contributed by atoms with Crippen molar-refractivity contribution in [1.82, 2.24) is 30.7 Å². The minimum absolute atomic E-state index is 0.0238. The number of aliphatic hydroxyl groups excluding tert-OH is 1. The maximum Gasteiger partial charge on any atom is 0.246 e. The molecule has 58 heavy (non-hydrogen) atoms. The molecule has 302 valence electrons. The van der Waals surface area contributed by atoms with Crippen LogP contribution in [0.15, 0.2) is 90.6 Å². The van der Waals surface area contributed by atoms with Gasteiger partial charge in [-0.1, -0.05) is 81.4 Å². The number of carbonyl (C=O) groups excluding carboxylic acids is 3. The number of β-amino-alcohol motifs (C(OH)–C–C–N with tert-alkyl or cyclic N) is 1. The number of phenolic OH excluding ortho intramolecular Hbond substituents is 1. The Kier molecular flexibility index (Phi) is 12.1. The Morgan fingerprint density at radius 1 is 0.879 bits per heavy atom. The zero-order valence-electron chi connectivity index (χ0n) is 33.7. The summed E-state index contributed by atoms with van der Waals surface area (Å²) in [7, 11) is 0. The molecule has 1 aliphatic carbocycles. The van der Waals surface area contributed by atoms with Crippen molar-refractivity contribution in [3.63, 3.8) is 0 Å². The van der Waals surface area contributed by atoms with Gasteiger partial charge in [-0.3, -0.25) is 14.4 Å². The Morgan fingerprint density at radius 3 is 2.22 bits per heavy atom. The van der Waals surface area contributed by atoms with Crippen LogP contribution in [0.3, 0.4) is 0 Å². The van der Waals surface area contributed by atoms with Gasteiger partial charge in [0.25, 0.3) is 0 Å². The monoisotopic (exact) mass is 800 g/mol. The van der Waals surface area contributed by atoms with Gasteiger partial charge in [0.2, 0.25) is 17.7 Å². The van der Waals surface area contributed by atoms with Gasteiger partial charge in [-0.25, -0.2) is 4.98 Å². The predicted octanol–water partition coefficient (Wildman–Crippen LogP) is 7.59. The van der Waals surface area contributed by atoms with E-state index in [0.717, 1.165) is 45.7 Å². The molecule has 1 saturated heterocycles. The molecule has 12 heteroatoms. The maximum absolute atomic E-state index is 14.3. The molecule has 3 heterocycles. The van der Waals surface area contributed by atoms with Gasteiger partial charge in [0, 0.05) is 30.0 Å². The number of amides is 3. The van der Waals surface area contributed by atoms with E-state index in [1.165, 1.54) is 10.5 Å². The van der Waals surface area contributed by atoms with Crippen molar-refractivity contribution in [3.05, 3.63) is 107 Å². The third kappa shape index (κ3) is 8.98. The second-order valence-corrected chi connectivity index (χ2v) is 17.7. The second kappa shape index (κ2) is 17.2. The van der Waals surface area contributed by atoms with Crippen LogP contribution < -0.4 is 10.6 Å². The van der Waals surface area contributed by atoms with Gasteiger partial charge in [0.15, 0.2) is 0 Å². The fraction of sp³-hybridized carbons (Fsp3) is 0.391. The first kappa shape index (κ1) is 40.7. The van der Waals surface area contributed by atoms with Crippen LogP contribution in [0.1, 0.15) is 88.6 Å². The van der Waals surface area contributed by atoms with Crippen molar-refractivity contribution in [2.45, 2.75) is 96.9 Å². The van der Waals surface area contributed by atoms with Gasteiger partial charge < -0.3 is 25.7 Å². The lowest BCUT2D eigenvalue weighted by atomic mass is 9.77. The number of aromatic hydroxyl groups is 1. The molecule has 3 amide bonds. The van der Waals surface area contributed by atoms with Crippen LogP contribution in [0, 0.1) is 18.3 Å². The van der Waals surface area contributed by atoms with Crippen molar-refractivity contribution in [2.24, 2.45) is 11.3 Å². The van der Waals surface area contributed by atoms with Crippen molar-refractivity contribution < 1.29 is 24.6 Å². The number of nitrogens with one attached hydrogen (secondary N) is 2. The molecule has 4 atom stereocenters. The zero-order chi connectivity index (χ0) is 41.1. The average molecular weight is 801 g/mol. The number of rotatable bonds is 10. The highest BCUT2D eigenvalue weighted by molar-refractivity contribution is 7.13. The highest BCUT2D eigenvalue weighted by atomic mass is 32.1. The van der Waals surface area contributed by atoms with E-state index in [9.17, 15) is 24.6 Å². The van der Waals surface area contributed by atoms with Crippen LogP contribution in [0.5, 0.6) is 5.75 Å². The molecular formula is C46H52N6O5S. The highest BCUT2D eigenvalue weighted by Crippen LogP contribution is 2.38. The van der Waals surface area contributed by atoms with E-state index in [0.29, 0.717) is 30.0 Å². The summed E-state index contributed by atoms with van der Waals surface area (Å²) in [5.74, 6) is -0.627. The first-order valence-electron chi connectivity index (χ1n) is 20.1. The van der Waals surface area contributed by atoms with E-state index in [4.69, 9.17) is 0 Å². The Bertz CT molecular complexity index is 2240. The minimum Gasteiger partial charge on any atom is -0.507 e. The molecule has 1 saturated carbocycles. The summed E-state index contributed by atoms with van der Waals surface area (Å²) in [6.07, 6.45) is 4.06. The molecule has 11 nitrogen and oxygen atoms in total.